The van der Waals surface area contributed by atoms with Crippen LogP contribution in [0.2, 0.25) is 0 Å². The van der Waals surface area contributed by atoms with Crippen molar-refractivity contribution in [2.24, 2.45) is 0 Å². The van der Waals surface area contributed by atoms with Crippen LogP contribution >= 0.6 is 0 Å². The van der Waals surface area contributed by atoms with E-state index in [1.807, 2.05) is 12.1 Å². The van der Waals surface area contributed by atoms with Crippen LogP contribution < -0.4 is 5.32 Å². The van der Waals surface area contributed by atoms with Gasteiger partial charge in [0, 0.05) is 25.7 Å². The van der Waals surface area contributed by atoms with E-state index in [2.05, 4.69) is 24.2 Å². The number of phenolic OH excluding ortho intramolecular Hbond substituents is 1. The van der Waals surface area contributed by atoms with Crippen LogP contribution in [0.15, 0.2) is 24.3 Å². The molecule has 0 saturated carbocycles. The molecule has 0 radical (unpaired) electrons. The lowest BCUT2D eigenvalue weighted by Crippen LogP contribution is -2.46. The quantitative estimate of drug-likeness (QED) is 0.830. The number of aromatic hydroxyl groups is 1. The summed E-state index contributed by atoms with van der Waals surface area (Å²) in [7, 11) is 2.17. The first-order valence-corrected chi connectivity index (χ1v) is 7.45. The lowest BCUT2D eigenvalue weighted by atomic mass is 10.0. The molecule has 1 aliphatic heterocycles. The minimum Gasteiger partial charge on any atom is -0.508 e. The Bertz CT molecular complexity index is 388. The Balaban J connectivity index is 1.72. The molecule has 20 heavy (non-hydrogen) atoms. The third-order valence-electron chi connectivity index (χ3n) is 4.04. The van der Waals surface area contributed by atoms with Crippen LogP contribution in [0.3, 0.4) is 0 Å². The Morgan fingerprint density at radius 3 is 2.80 bits per heavy atom. The van der Waals surface area contributed by atoms with Gasteiger partial charge in [0.25, 0.3) is 0 Å². The van der Waals surface area contributed by atoms with Gasteiger partial charge in [0.2, 0.25) is 0 Å². The second kappa shape index (κ2) is 7.62. The first-order valence-electron chi connectivity index (χ1n) is 7.45. The first-order chi connectivity index (χ1) is 9.65. The fourth-order valence-corrected chi connectivity index (χ4v) is 2.50. The molecule has 0 spiro atoms. The van der Waals surface area contributed by atoms with Crippen molar-refractivity contribution in [1.82, 2.24) is 10.2 Å². The van der Waals surface area contributed by atoms with Crippen LogP contribution in [0.4, 0.5) is 0 Å². The average molecular weight is 278 g/mol. The maximum absolute atomic E-state index is 9.28. The molecule has 1 fully saturated rings. The van der Waals surface area contributed by atoms with Gasteiger partial charge in [-0.25, -0.2) is 0 Å². The van der Waals surface area contributed by atoms with Crippen molar-refractivity contribution in [1.29, 1.82) is 0 Å². The molecule has 0 bridgehead atoms. The van der Waals surface area contributed by atoms with Crippen LogP contribution in [-0.2, 0) is 11.2 Å². The molecular weight excluding hydrogens is 252 g/mol. The fraction of sp³-hybridized carbons (Fsp3) is 0.625. The summed E-state index contributed by atoms with van der Waals surface area (Å²) in [6, 6.07) is 8.03. The number of nitrogens with zero attached hydrogens (tertiary/aromatic N) is 1. The van der Waals surface area contributed by atoms with Crippen molar-refractivity contribution < 1.29 is 9.84 Å². The number of hydrogen-bond acceptors (Lipinski definition) is 4. The molecule has 4 nitrogen and oxygen atoms in total. The van der Waals surface area contributed by atoms with E-state index < -0.39 is 0 Å². The topological polar surface area (TPSA) is 44.7 Å². The summed E-state index contributed by atoms with van der Waals surface area (Å²) in [5, 5.41) is 12.6. The summed E-state index contributed by atoms with van der Waals surface area (Å²) >= 11 is 0. The molecule has 1 aliphatic rings. The van der Waals surface area contributed by atoms with Gasteiger partial charge in [-0.05, 0) is 44.5 Å². The number of phenols is 1. The number of hydrogen-bond donors (Lipinski definition) is 2. The van der Waals surface area contributed by atoms with E-state index in [0.29, 0.717) is 17.9 Å². The maximum Gasteiger partial charge on any atom is 0.115 e. The number of aryl methyl sites for hydroxylation is 1. The SMILES string of the molecule is CC(CCc1ccc(O)cc1)N(C)CC1CNCCO1. The standard InChI is InChI=1S/C16H26N2O2/c1-13(3-4-14-5-7-15(19)8-6-14)18(2)12-16-11-17-9-10-20-16/h5-8,13,16-17,19H,3-4,9-12H2,1-2H3. The summed E-state index contributed by atoms with van der Waals surface area (Å²) in [6.45, 7) is 5.98. The Labute approximate surface area is 121 Å². The number of benzene rings is 1. The van der Waals surface area contributed by atoms with Gasteiger partial charge in [0.1, 0.15) is 5.75 Å². The van der Waals surface area contributed by atoms with Crippen molar-refractivity contribution in [3.05, 3.63) is 29.8 Å². The van der Waals surface area contributed by atoms with Crippen LogP contribution in [-0.4, -0.2) is 55.4 Å². The van der Waals surface area contributed by atoms with Crippen LogP contribution in [0, 0.1) is 0 Å². The minimum absolute atomic E-state index is 0.310. The molecule has 112 valence electrons. The lowest BCUT2D eigenvalue weighted by Gasteiger charge is -2.31. The van der Waals surface area contributed by atoms with Crippen molar-refractivity contribution in [2.75, 3.05) is 33.3 Å². The van der Waals surface area contributed by atoms with Gasteiger partial charge in [-0.2, -0.15) is 0 Å². The second-order valence-corrected chi connectivity index (χ2v) is 5.69. The monoisotopic (exact) mass is 278 g/mol. The summed E-state index contributed by atoms with van der Waals surface area (Å²) < 4.78 is 5.74. The van der Waals surface area contributed by atoms with Crippen molar-refractivity contribution in [3.8, 4) is 5.75 Å². The largest absolute Gasteiger partial charge is 0.508 e. The number of ether oxygens (including phenoxy) is 1. The second-order valence-electron chi connectivity index (χ2n) is 5.69. The smallest absolute Gasteiger partial charge is 0.115 e. The van der Waals surface area contributed by atoms with Crippen LogP contribution in [0.1, 0.15) is 18.9 Å². The van der Waals surface area contributed by atoms with Gasteiger partial charge in [0.05, 0.1) is 12.7 Å². The van der Waals surface area contributed by atoms with Crippen molar-refractivity contribution in [2.45, 2.75) is 31.9 Å². The van der Waals surface area contributed by atoms with Gasteiger partial charge < -0.3 is 20.1 Å². The maximum atomic E-state index is 9.28. The highest BCUT2D eigenvalue weighted by Crippen LogP contribution is 2.13. The molecule has 1 aromatic rings. The third kappa shape index (κ3) is 4.78. The summed E-state index contributed by atoms with van der Waals surface area (Å²) in [6.07, 6.45) is 2.46. The number of morpholine rings is 1. The van der Waals surface area contributed by atoms with E-state index in [1.165, 1.54) is 5.56 Å². The number of rotatable bonds is 6. The van der Waals surface area contributed by atoms with E-state index in [-0.39, 0.29) is 0 Å². The Kier molecular flexibility index (Phi) is 5.83. The van der Waals surface area contributed by atoms with E-state index in [4.69, 9.17) is 4.74 Å². The fourth-order valence-electron chi connectivity index (χ4n) is 2.50. The van der Waals surface area contributed by atoms with Crippen LogP contribution in [0.5, 0.6) is 5.75 Å². The Morgan fingerprint density at radius 1 is 1.40 bits per heavy atom. The highest BCUT2D eigenvalue weighted by Gasteiger charge is 2.18. The number of nitrogens with one attached hydrogen (secondary N) is 1. The normalized spacial score (nSPS) is 21.1. The summed E-state index contributed by atoms with van der Waals surface area (Å²) in [4.78, 5) is 2.37. The third-order valence-corrected chi connectivity index (χ3v) is 4.04. The zero-order valence-electron chi connectivity index (χ0n) is 12.5. The highest BCUT2D eigenvalue weighted by molar-refractivity contribution is 5.25. The highest BCUT2D eigenvalue weighted by atomic mass is 16.5. The van der Waals surface area contributed by atoms with E-state index in [9.17, 15) is 5.11 Å². The van der Waals surface area contributed by atoms with Gasteiger partial charge >= 0.3 is 0 Å². The van der Waals surface area contributed by atoms with Gasteiger partial charge in [0.15, 0.2) is 0 Å². The molecule has 2 rings (SSSR count). The molecule has 2 N–H and O–H groups in total. The summed E-state index contributed by atoms with van der Waals surface area (Å²) in [5.41, 5.74) is 1.28. The van der Waals surface area contributed by atoms with E-state index in [0.717, 1.165) is 39.1 Å². The zero-order chi connectivity index (χ0) is 14.4. The zero-order valence-corrected chi connectivity index (χ0v) is 12.5. The molecule has 0 aliphatic carbocycles. The average Bonchev–Trinajstić information content (AvgIpc) is 2.47. The first kappa shape index (κ1) is 15.3. The van der Waals surface area contributed by atoms with Gasteiger partial charge in [-0.3, -0.25) is 0 Å². The Morgan fingerprint density at radius 2 is 2.15 bits per heavy atom. The van der Waals surface area contributed by atoms with Gasteiger partial charge in [-0.1, -0.05) is 12.1 Å². The molecule has 0 aromatic heterocycles. The molecule has 2 unspecified atom stereocenters. The molecule has 0 amide bonds. The predicted octanol–water partition coefficient (Wildman–Crippen LogP) is 1.63. The van der Waals surface area contributed by atoms with E-state index in [1.54, 1.807) is 12.1 Å². The summed E-state index contributed by atoms with van der Waals surface area (Å²) in [5.74, 6) is 0.334. The van der Waals surface area contributed by atoms with E-state index >= 15 is 0 Å². The lowest BCUT2D eigenvalue weighted by molar-refractivity contribution is 0.00357. The Hall–Kier alpha value is -1.10. The van der Waals surface area contributed by atoms with Gasteiger partial charge in [-0.15, -0.1) is 0 Å². The minimum atomic E-state index is 0.310. The van der Waals surface area contributed by atoms with Crippen molar-refractivity contribution >= 4 is 0 Å². The molecular formula is C16H26N2O2. The molecule has 2 atom stereocenters. The molecule has 4 heteroatoms. The molecule has 1 heterocycles. The number of likely N-dealkylation sites (N-methyl/N-ethyl adjacent to an activating group) is 1. The predicted molar refractivity (Wildman–Crippen MR) is 81.1 cm³/mol. The van der Waals surface area contributed by atoms with Crippen LogP contribution in [0.25, 0.3) is 0 Å². The molecule has 1 saturated heterocycles. The molecule has 1 aromatic carbocycles. The van der Waals surface area contributed by atoms with Crippen molar-refractivity contribution in [3.63, 3.8) is 0 Å².